The third-order valence-corrected chi connectivity index (χ3v) is 5.18. The van der Waals surface area contributed by atoms with E-state index in [-0.39, 0.29) is 23.2 Å². The number of anilines is 2. The zero-order chi connectivity index (χ0) is 21.1. The zero-order valence-electron chi connectivity index (χ0n) is 16.3. The molecule has 3 heterocycles. The second kappa shape index (κ2) is 8.23. The average molecular weight is 408 g/mol. The molecular formula is C19H20N8O3. The van der Waals surface area contributed by atoms with Gasteiger partial charge in [0.1, 0.15) is 18.3 Å². The molecule has 0 bridgehead atoms. The van der Waals surface area contributed by atoms with E-state index in [0.29, 0.717) is 37.3 Å². The van der Waals surface area contributed by atoms with E-state index < -0.39 is 4.92 Å². The van der Waals surface area contributed by atoms with Gasteiger partial charge in [-0.15, -0.1) is 10.2 Å². The third-order valence-electron chi connectivity index (χ3n) is 5.18. The molecule has 2 aromatic heterocycles. The molecule has 11 heteroatoms. The van der Waals surface area contributed by atoms with Gasteiger partial charge in [0.05, 0.1) is 4.92 Å². The Labute approximate surface area is 171 Å². The van der Waals surface area contributed by atoms with E-state index in [1.54, 1.807) is 25.4 Å². The van der Waals surface area contributed by atoms with Crippen molar-refractivity contribution in [3.05, 3.63) is 58.7 Å². The summed E-state index contributed by atoms with van der Waals surface area (Å²) in [4.78, 5) is 29.4. The molecule has 1 aliphatic rings. The van der Waals surface area contributed by atoms with Crippen LogP contribution in [-0.2, 0) is 4.79 Å². The van der Waals surface area contributed by atoms with Crippen LogP contribution in [0.5, 0.6) is 0 Å². The molecule has 3 aromatic rings. The molecule has 0 aliphatic carbocycles. The Morgan fingerprint density at radius 1 is 1.17 bits per heavy atom. The highest BCUT2D eigenvalue weighted by molar-refractivity contribution is 5.95. The lowest BCUT2D eigenvalue weighted by Gasteiger charge is -2.31. The fourth-order valence-electron chi connectivity index (χ4n) is 3.50. The van der Waals surface area contributed by atoms with Crippen molar-refractivity contribution in [1.82, 2.24) is 25.0 Å². The first-order chi connectivity index (χ1) is 14.5. The first kappa shape index (κ1) is 19.4. The van der Waals surface area contributed by atoms with Gasteiger partial charge in [-0.2, -0.15) is 5.10 Å². The van der Waals surface area contributed by atoms with Crippen molar-refractivity contribution in [1.29, 1.82) is 0 Å². The van der Waals surface area contributed by atoms with Crippen LogP contribution in [0.25, 0.3) is 5.82 Å². The van der Waals surface area contributed by atoms with Gasteiger partial charge in [0.25, 0.3) is 5.69 Å². The summed E-state index contributed by atoms with van der Waals surface area (Å²) in [5.41, 5.74) is 0.839. The molecule has 1 amide bonds. The van der Waals surface area contributed by atoms with Crippen LogP contribution in [0.3, 0.4) is 0 Å². The number of amides is 1. The molecule has 1 N–H and O–H groups in total. The van der Waals surface area contributed by atoms with Gasteiger partial charge in [-0.25, -0.2) is 9.67 Å². The Hall–Kier alpha value is -3.89. The highest BCUT2D eigenvalue weighted by atomic mass is 16.6. The SMILES string of the molecule is Cc1cccc([N+](=O)[O-])c1NC(=O)C1CCN(c2ccc(-n3cncn3)nn2)CC1. The number of aryl methyl sites for hydroxylation is 1. The zero-order valence-corrected chi connectivity index (χ0v) is 16.3. The number of benzene rings is 1. The molecule has 0 unspecified atom stereocenters. The average Bonchev–Trinajstić information content (AvgIpc) is 3.30. The fraction of sp³-hybridized carbons (Fsp3) is 0.316. The Balaban J connectivity index is 1.38. The van der Waals surface area contributed by atoms with Gasteiger partial charge in [0.15, 0.2) is 11.6 Å². The van der Waals surface area contributed by atoms with Gasteiger partial charge in [0, 0.05) is 25.1 Å². The van der Waals surface area contributed by atoms with Gasteiger partial charge in [-0.1, -0.05) is 12.1 Å². The maximum absolute atomic E-state index is 12.7. The van der Waals surface area contributed by atoms with Crippen LogP contribution in [0, 0.1) is 23.0 Å². The first-order valence-corrected chi connectivity index (χ1v) is 9.51. The smallest absolute Gasteiger partial charge is 0.293 e. The van der Waals surface area contributed by atoms with Crippen LogP contribution in [0.1, 0.15) is 18.4 Å². The molecule has 1 aliphatic heterocycles. The summed E-state index contributed by atoms with van der Waals surface area (Å²) in [5, 5.41) is 26.5. The minimum atomic E-state index is -0.479. The molecule has 0 saturated carbocycles. The highest BCUT2D eigenvalue weighted by Crippen LogP contribution is 2.29. The Bertz CT molecular complexity index is 1040. The summed E-state index contributed by atoms with van der Waals surface area (Å²) in [7, 11) is 0. The van der Waals surface area contributed by atoms with E-state index in [0.717, 1.165) is 5.82 Å². The quantitative estimate of drug-likeness (QED) is 0.501. The molecule has 1 fully saturated rings. The number of aromatic nitrogens is 5. The lowest BCUT2D eigenvalue weighted by atomic mass is 9.95. The number of para-hydroxylation sites is 1. The maximum Gasteiger partial charge on any atom is 0.293 e. The number of nitrogens with zero attached hydrogens (tertiary/aromatic N) is 7. The molecule has 30 heavy (non-hydrogen) atoms. The van der Waals surface area contributed by atoms with Crippen LogP contribution in [0.2, 0.25) is 0 Å². The minimum Gasteiger partial charge on any atom is -0.355 e. The molecule has 4 rings (SSSR count). The van der Waals surface area contributed by atoms with E-state index in [1.165, 1.54) is 17.1 Å². The monoisotopic (exact) mass is 408 g/mol. The summed E-state index contributed by atoms with van der Waals surface area (Å²) >= 11 is 0. The molecular weight excluding hydrogens is 388 g/mol. The van der Waals surface area contributed by atoms with E-state index in [1.807, 2.05) is 12.1 Å². The van der Waals surface area contributed by atoms with Gasteiger partial charge in [-0.3, -0.25) is 14.9 Å². The number of rotatable bonds is 5. The highest BCUT2D eigenvalue weighted by Gasteiger charge is 2.28. The van der Waals surface area contributed by atoms with Gasteiger partial charge >= 0.3 is 0 Å². The van der Waals surface area contributed by atoms with Crippen LogP contribution in [-0.4, -0.2) is 48.9 Å². The number of hydrogen-bond acceptors (Lipinski definition) is 8. The third kappa shape index (κ3) is 3.95. The Morgan fingerprint density at radius 2 is 1.90 bits per heavy atom. The summed E-state index contributed by atoms with van der Waals surface area (Å²) in [6.07, 6.45) is 4.22. The molecule has 0 radical (unpaired) electrons. The number of hydrogen-bond donors (Lipinski definition) is 1. The predicted octanol–water partition coefficient (Wildman–Crippen LogP) is 2.13. The van der Waals surface area contributed by atoms with Crippen LogP contribution in [0.4, 0.5) is 17.2 Å². The van der Waals surface area contributed by atoms with E-state index in [2.05, 4.69) is 30.5 Å². The van der Waals surface area contributed by atoms with Crippen molar-refractivity contribution in [2.45, 2.75) is 19.8 Å². The summed E-state index contributed by atoms with van der Waals surface area (Å²) in [6.45, 7) is 3.03. The van der Waals surface area contributed by atoms with Crippen molar-refractivity contribution in [2.75, 3.05) is 23.3 Å². The standard InChI is InChI=1S/C19H20N8O3/c1-13-3-2-4-15(27(29)30)18(13)22-19(28)14-7-9-25(10-8-14)16-5-6-17(24-23-16)26-12-20-11-21-26/h2-6,11-12,14H,7-10H2,1H3,(H,22,28). The second-order valence-electron chi connectivity index (χ2n) is 7.07. The van der Waals surface area contributed by atoms with Crippen molar-refractivity contribution >= 4 is 23.1 Å². The lowest BCUT2D eigenvalue weighted by Crippen LogP contribution is -2.38. The predicted molar refractivity (Wildman–Crippen MR) is 108 cm³/mol. The largest absolute Gasteiger partial charge is 0.355 e. The minimum absolute atomic E-state index is 0.0940. The Kier molecular flexibility index (Phi) is 5.33. The lowest BCUT2D eigenvalue weighted by molar-refractivity contribution is -0.384. The van der Waals surface area contributed by atoms with Gasteiger partial charge in [-0.05, 0) is 37.5 Å². The normalized spacial score (nSPS) is 14.5. The van der Waals surface area contributed by atoms with Crippen molar-refractivity contribution in [3.63, 3.8) is 0 Å². The Morgan fingerprint density at radius 3 is 2.53 bits per heavy atom. The number of nitro benzene ring substituents is 1. The van der Waals surface area contributed by atoms with Crippen LogP contribution < -0.4 is 10.2 Å². The van der Waals surface area contributed by atoms with Crippen molar-refractivity contribution in [3.8, 4) is 5.82 Å². The number of carbonyl (C=O) groups excluding carboxylic acids is 1. The summed E-state index contributed by atoms with van der Waals surface area (Å²) < 4.78 is 1.53. The van der Waals surface area contributed by atoms with E-state index >= 15 is 0 Å². The second-order valence-corrected chi connectivity index (χ2v) is 7.07. The van der Waals surface area contributed by atoms with Crippen molar-refractivity contribution in [2.24, 2.45) is 5.92 Å². The number of nitrogens with one attached hydrogen (secondary N) is 1. The topological polar surface area (TPSA) is 132 Å². The van der Waals surface area contributed by atoms with Gasteiger partial charge < -0.3 is 10.2 Å². The maximum atomic E-state index is 12.7. The van der Waals surface area contributed by atoms with E-state index in [9.17, 15) is 14.9 Å². The van der Waals surface area contributed by atoms with Crippen LogP contribution >= 0.6 is 0 Å². The molecule has 0 atom stereocenters. The molecule has 11 nitrogen and oxygen atoms in total. The summed E-state index contributed by atoms with van der Waals surface area (Å²) in [5.74, 6) is 0.889. The van der Waals surface area contributed by atoms with E-state index in [4.69, 9.17) is 0 Å². The number of carbonyl (C=O) groups is 1. The number of piperidine rings is 1. The first-order valence-electron chi connectivity index (χ1n) is 9.51. The molecule has 1 saturated heterocycles. The summed E-state index contributed by atoms with van der Waals surface area (Å²) in [6, 6.07) is 8.42. The van der Waals surface area contributed by atoms with Crippen LogP contribution in [0.15, 0.2) is 43.0 Å². The van der Waals surface area contributed by atoms with Gasteiger partial charge in [0.2, 0.25) is 5.91 Å². The molecule has 1 aromatic carbocycles. The van der Waals surface area contributed by atoms with Crippen molar-refractivity contribution < 1.29 is 9.72 Å². The molecule has 154 valence electrons. The fourth-order valence-corrected chi connectivity index (χ4v) is 3.50. The molecule has 0 spiro atoms. The number of nitro groups is 1.